The highest BCUT2D eigenvalue weighted by atomic mass is 19.4. The smallest absolute Gasteiger partial charge is 0.383 e. The van der Waals surface area contributed by atoms with Gasteiger partial charge in [0.2, 0.25) is 0 Å². The van der Waals surface area contributed by atoms with Gasteiger partial charge >= 0.3 is 6.18 Å². The van der Waals surface area contributed by atoms with Gasteiger partial charge in [0.05, 0.1) is 5.56 Å². The van der Waals surface area contributed by atoms with Gasteiger partial charge in [-0.1, -0.05) is 0 Å². The number of alkyl halides is 3. The number of aromatic nitrogens is 3. The highest BCUT2D eigenvalue weighted by molar-refractivity contribution is 5.74. The number of hydrogen-bond donors (Lipinski definition) is 1. The molecule has 4 nitrogen and oxygen atoms in total. The number of hydrogen-bond acceptors (Lipinski definition) is 3. The van der Waals surface area contributed by atoms with Crippen molar-refractivity contribution >= 4 is 11.5 Å². The van der Waals surface area contributed by atoms with Gasteiger partial charge in [0.1, 0.15) is 17.2 Å². The van der Waals surface area contributed by atoms with E-state index in [1.807, 2.05) is 0 Å². The van der Waals surface area contributed by atoms with Crippen molar-refractivity contribution in [2.45, 2.75) is 6.18 Å². The molecule has 0 bridgehead atoms. The zero-order chi connectivity index (χ0) is 14.3. The summed E-state index contributed by atoms with van der Waals surface area (Å²) in [5.74, 6) is 0.152. The van der Waals surface area contributed by atoms with Crippen LogP contribution in [0.25, 0.3) is 16.9 Å². The molecule has 20 heavy (non-hydrogen) atoms. The standard InChI is InChI=1S/C13H9F3N4/c14-13(15,16)9-3-4-10-19-11(12(17)20(10)7-9)8-2-1-5-18-6-8/h1-7H,17H2. The number of fused-ring (bicyclic) bond motifs is 1. The number of anilines is 1. The lowest BCUT2D eigenvalue weighted by molar-refractivity contribution is -0.137. The predicted octanol–water partition coefficient (Wildman–Crippen LogP) is 3.00. The Morgan fingerprint density at radius 1 is 1.15 bits per heavy atom. The topological polar surface area (TPSA) is 56.2 Å². The summed E-state index contributed by atoms with van der Waals surface area (Å²) in [4.78, 5) is 8.18. The monoisotopic (exact) mass is 278 g/mol. The van der Waals surface area contributed by atoms with Gasteiger partial charge in [-0.15, -0.1) is 0 Å². The molecule has 0 aliphatic carbocycles. The number of nitrogen functional groups attached to an aromatic ring is 1. The molecule has 2 N–H and O–H groups in total. The summed E-state index contributed by atoms with van der Waals surface area (Å²) in [5, 5.41) is 0. The zero-order valence-corrected chi connectivity index (χ0v) is 10.1. The van der Waals surface area contributed by atoms with Gasteiger partial charge in [-0.25, -0.2) is 4.98 Å². The van der Waals surface area contributed by atoms with E-state index in [2.05, 4.69) is 9.97 Å². The van der Waals surface area contributed by atoms with Crippen LogP contribution in [0.4, 0.5) is 19.0 Å². The highest BCUT2D eigenvalue weighted by Gasteiger charge is 2.31. The molecule has 0 saturated carbocycles. The van der Waals surface area contributed by atoms with E-state index < -0.39 is 11.7 Å². The zero-order valence-electron chi connectivity index (χ0n) is 10.1. The molecule has 0 unspecified atom stereocenters. The molecule has 3 aromatic rings. The van der Waals surface area contributed by atoms with Crippen LogP contribution in [0, 0.1) is 0 Å². The van der Waals surface area contributed by atoms with Crippen LogP contribution in [0.15, 0.2) is 42.9 Å². The quantitative estimate of drug-likeness (QED) is 0.744. The van der Waals surface area contributed by atoms with E-state index in [-0.39, 0.29) is 5.82 Å². The fraction of sp³-hybridized carbons (Fsp3) is 0.0769. The number of rotatable bonds is 1. The van der Waals surface area contributed by atoms with Crippen LogP contribution < -0.4 is 5.73 Å². The van der Waals surface area contributed by atoms with E-state index in [1.165, 1.54) is 10.5 Å². The molecular weight excluding hydrogens is 269 g/mol. The Hall–Kier alpha value is -2.57. The van der Waals surface area contributed by atoms with Gasteiger partial charge in [0.15, 0.2) is 0 Å². The van der Waals surface area contributed by atoms with Crippen molar-refractivity contribution in [1.29, 1.82) is 0 Å². The largest absolute Gasteiger partial charge is 0.417 e. The van der Waals surface area contributed by atoms with Crippen LogP contribution in [0.5, 0.6) is 0 Å². The molecule has 0 saturated heterocycles. The number of nitrogens with two attached hydrogens (primary N) is 1. The molecule has 0 aromatic carbocycles. The normalized spacial score (nSPS) is 11.9. The predicted molar refractivity (Wildman–Crippen MR) is 67.8 cm³/mol. The molecule has 3 aromatic heterocycles. The number of halogens is 3. The van der Waals surface area contributed by atoms with Crippen molar-refractivity contribution in [2.24, 2.45) is 0 Å². The fourth-order valence-electron chi connectivity index (χ4n) is 1.95. The summed E-state index contributed by atoms with van der Waals surface area (Å²) in [5.41, 5.74) is 6.54. The lowest BCUT2D eigenvalue weighted by atomic mass is 10.2. The van der Waals surface area contributed by atoms with E-state index in [0.717, 1.165) is 12.3 Å². The summed E-state index contributed by atoms with van der Waals surface area (Å²) in [6.07, 6.45) is -0.322. The molecule has 102 valence electrons. The van der Waals surface area contributed by atoms with Crippen molar-refractivity contribution in [1.82, 2.24) is 14.4 Å². The Bertz CT molecular complexity index is 762. The Kier molecular flexibility index (Phi) is 2.63. The maximum atomic E-state index is 12.7. The van der Waals surface area contributed by atoms with Crippen LogP contribution in [0.1, 0.15) is 5.56 Å². The van der Waals surface area contributed by atoms with Gasteiger partial charge in [-0.2, -0.15) is 13.2 Å². The average molecular weight is 278 g/mol. The third-order valence-corrected chi connectivity index (χ3v) is 2.92. The molecule has 3 heterocycles. The molecule has 0 aliphatic rings. The van der Waals surface area contributed by atoms with Gasteiger partial charge in [-0.05, 0) is 24.3 Å². The first kappa shape index (κ1) is 12.5. The molecule has 0 fully saturated rings. The van der Waals surface area contributed by atoms with Crippen molar-refractivity contribution in [3.05, 3.63) is 48.4 Å². The van der Waals surface area contributed by atoms with Gasteiger partial charge in [0.25, 0.3) is 0 Å². The van der Waals surface area contributed by atoms with Crippen LogP contribution in [0.3, 0.4) is 0 Å². The molecule has 0 aliphatic heterocycles. The first-order valence-electron chi connectivity index (χ1n) is 5.72. The van der Waals surface area contributed by atoms with Crippen molar-refractivity contribution in [3.63, 3.8) is 0 Å². The van der Waals surface area contributed by atoms with Crippen LogP contribution >= 0.6 is 0 Å². The Balaban J connectivity index is 2.21. The highest BCUT2D eigenvalue weighted by Crippen LogP contribution is 2.31. The van der Waals surface area contributed by atoms with Gasteiger partial charge in [0, 0.05) is 24.2 Å². The van der Waals surface area contributed by atoms with E-state index in [0.29, 0.717) is 16.9 Å². The van der Waals surface area contributed by atoms with Crippen LogP contribution in [-0.4, -0.2) is 14.4 Å². The summed E-state index contributed by atoms with van der Waals surface area (Å²) in [6.45, 7) is 0. The average Bonchev–Trinajstić information content (AvgIpc) is 2.76. The lowest BCUT2D eigenvalue weighted by Crippen LogP contribution is -2.06. The van der Waals surface area contributed by atoms with Crippen molar-refractivity contribution < 1.29 is 13.2 Å². The van der Waals surface area contributed by atoms with Gasteiger partial charge in [-0.3, -0.25) is 9.38 Å². The van der Waals surface area contributed by atoms with Crippen molar-refractivity contribution in [2.75, 3.05) is 5.73 Å². The minimum Gasteiger partial charge on any atom is -0.383 e. The molecule has 0 atom stereocenters. The molecule has 0 amide bonds. The van der Waals surface area contributed by atoms with E-state index in [1.54, 1.807) is 24.5 Å². The summed E-state index contributed by atoms with van der Waals surface area (Å²) in [7, 11) is 0. The maximum Gasteiger partial charge on any atom is 0.417 e. The number of pyridine rings is 2. The minimum atomic E-state index is -4.42. The van der Waals surface area contributed by atoms with E-state index in [9.17, 15) is 13.2 Å². The second-order valence-electron chi connectivity index (χ2n) is 4.23. The minimum absolute atomic E-state index is 0.152. The second kappa shape index (κ2) is 4.22. The second-order valence-corrected chi connectivity index (χ2v) is 4.23. The lowest BCUT2D eigenvalue weighted by Gasteiger charge is -2.07. The van der Waals surface area contributed by atoms with E-state index >= 15 is 0 Å². The number of nitrogens with zero attached hydrogens (tertiary/aromatic N) is 3. The third kappa shape index (κ3) is 1.97. The molecular formula is C13H9F3N4. The molecule has 0 spiro atoms. The SMILES string of the molecule is Nc1c(-c2cccnc2)nc2ccc(C(F)(F)F)cn12. The van der Waals surface area contributed by atoms with Crippen molar-refractivity contribution in [3.8, 4) is 11.3 Å². The Morgan fingerprint density at radius 3 is 2.60 bits per heavy atom. The Labute approximate surface area is 111 Å². The number of imidazole rings is 1. The Morgan fingerprint density at radius 2 is 1.95 bits per heavy atom. The maximum absolute atomic E-state index is 12.7. The van der Waals surface area contributed by atoms with Gasteiger partial charge < -0.3 is 5.73 Å². The van der Waals surface area contributed by atoms with Crippen LogP contribution in [0.2, 0.25) is 0 Å². The molecule has 3 rings (SSSR count). The van der Waals surface area contributed by atoms with E-state index in [4.69, 9.17) is 5.73 Å². The first-order chi connectivity index (χ1) is 9.47. The summed E-state index contributed by atoms with van der Waals surface area (Å²) in [6, 6.07) is 5.73. The van der Waals surface area contributed by atoms with Crippen LogP contribution in [-0.2, 0) is 6.18 Å². The first-order valence-corrected chi connectivity index (χ1v) is 5.72. The molecule has 0 radical (unpaired) electrons. The third-order valence-electron chi connectivity index (χ3n) is 2.92. The summed E-state index contributed by atoms with van der Waals surface area (Å²) >= 11 is 0. The summed E-state index contributed by atoms with van der Waals surface area (Å²) < 4.78 is 39.3. The molecule has 7 heteroatoms. The fourth-order valence-corrected chi connectivity index (χ4v) is 1.95.